The average molecular weight is 540 g/mol. The summed E-state index contributed by atoms with van der Waals surface area (Å²) in [5.41, 5.74) is 0.801. The minimum absolute atomic E-state index is 0.141. The van der Waals surface area contributed by atoms with Crippen molar-refractivity contribution in [3.63, 3.8) is 0 Å². The lowest BCUT2D eigenvalue weighted by Gasteiger charge is -2.26. The Kier molecular flexibility index (Phi) is 7.76. The van der Waals surface area contributed by atoms with Gasteiger partial charge in [-0.15, -0.1) is 0 Å². The summed E-state index contributed by atoms with van der Waals surface area (Å²) in [4.78, 5) is 51.0. The lowest BCUT2D eigenvalue weighted by atomic mass is 10.1. The smallest absolute Gasteiger partial charge is 0.335 e. The Morgan fingerprint density at radius 1 is 1.00 bits per heavy atom. The van der Waals surface area contributed by atoms with Crippen molar-refractivity contribution in [1.29, 1.82) is 0 Å². The van der Waals surface area contributed by atoms with Crippen molar-refractivity contribution in [2.75, 3.05) is 23.9 Å². The zero-order valence-corrected chi connectivity index (χ0v) is 20.8. The van der Waals surface area contributed by atoms with Crippen molar-refractivity contribution in [1.82, 2.24) is 5.32 Å². The van der Waals surface area contributed by atoms with E-state index in [0.29, 0.717) is 22.7 Å². The van der Waals surface area contributed by atoms with Crippen LogP contribution in [-0.2, 0) is 14.4 Å². The predicted octanol–water partition coefficient (Wildman–Crippen LogP) is 4.69. The number of para-hydroxylation sites is 2. The van der Waals surface area contributed by atoms with E-state index in [0.717, 1.165) is 4.90 Å². The van der Waals surface area contributed by atoms with E-state index in [1.54, 1.807) is 48.5 Å². The fourth-order valence-electron chi connectivity index (χ4n) is 3.46. The number of nitrogens with one attached hydrogen (secondary N) is 2. The quantitative estimate of drug-likeness (QED) is 0.332. The molecule has 5 amide bonds. The summed E-state index contributed by atoms with van der Waals surface area (Å²) in [6.07, 6.45) is 1.32. The number of nitrogens with zero attached hydrogens (tertiary/aromatic N) is 1. The summed E-state index contributed by atoms with van der Waals surface area (Å²) in [7, 11) is 1.50. The van der Waals surface area contributed by atoms with Crippen LogP contribution >= 0.6 is 23.2 Å². The van der Waals surface area contributed by atoms with Gasteiger partial charge in [0.1, 0.15) is 17.1 Å². The minimum atomic E-state index is -0.913. The molecule has 0 bridgehead atoms. The highest BCUT2D eigenvalue weighted by Crippen LogP contribution is 2.30. The van der Waals surface area contributed by atoms with Crippen LogP contribution in [0.15, 0.2) is 72.3 Å². The van der Waals surface area contributed by atoms with E-state index < -0.39 is 23.8 Å². The topological polar surface area (TPSA) is 114 Å². The van der Waals surface area contributed by atoms with Gasteiger partial charge in [0, 0.05) is 0 Å². The number of rotatable bonds is 7. The van der Waals surface area contributed by atoms with Crippen molar-refractivity contribution < 1.29 is 28.7 Å². The first-order valence-corrected chi connectivity index (χ1v) is 11.5. The van der Waals surface area contributed by atoms with Crippen molar-refractivity contribution >= 4 is 64.4 Å². The van der Waals surface area contributed by atoms with Gasteiger partial charge in [-0.25, -0.2) is 9.69 Å². The van der Waals surface area contributed by atoms with E-state index in [1.807, 2.05) is 0 Å². The monoisotopic (exact) mass is 539 g/mol. The van der Waals surface area contributed by atoms with Crippen molar-refractivity contribution in [3.8, 4) is 11.5 Å². The molecule has 0 aliphatic carbocycles. The fraction of sp³-hybridized carbons (Fsp3) is 0.0769. The van der Waals surface area contributed by atoms with Crippen molar-refractivity contribution in [3.05, 3.63) is 87.9 Å². The van der Waals surface area contributed by atoms with E-state index in [-0.39, 0.29) is 27.9 Å². The van der Waals surface area contributed by atoms with Gasteiger partial charge in [-0.3, -0.25) is 19.7 Å². The molecular weight excluding hydrogens is 521 g/mol. The molecule has 1 aliphatic heterocycles. The summed E-state index contributed by atoms with van der Waals surface area (Å²) < 4.78 is 10.8. The number of urea groups is 1. The molecule has 1 fully saturated rings. The van der Waals surface area contributed by atoms with Gasteiger partial charge < -0.3 is 14.8 Å². The van der Waals surface area contributed by atoms with E-state index in [1.165, 1.54) is 31.4 Å². The van der Waals surface area contributed by atoms with Gasteiger partial charge >= 0.3 is 6.03 Å². The molecule has 188 valence electrons. The Bertz CT molecular complexity index is 1440. The summed E-state index contributed by atoms with van der Waals surface area (Å²) in [6.45, 7) is -0.295. The SMILES string of the molecule is COc1ccccc1NC(=O)COc1cccc(/C=C2/C(=O)NC(=O)N(c3ccc(Cl)c(Cl)c3)C2=O)c1. The van der Waals surface area contributed by atoms with Crippen LogP contribution in [0, 0.1) is 0 Å². The highest BCUT2D eigenvalue weighted by Gasteiger charge is 2.37. The maximum atomic E-state index is 13.1. The molecule has 1 heterocycles. The highest BCUT2D eigenvalue weighted by molar-refractivity contribution is 6.43. The molecule has 3 aromatic rings. The second kappa shape index (κ2) is 11.2. The van der Waals surface area contributed by atoms with Crippen LogP contribution in [0.3, 0.4) is 0 Å². The molecule has 1 saturated heterocycles. The maximum Gasteiger partial charge on any atom is 0.335 e. The molecule has 0 spiro atoms. The van der Waals surface area contributed by atoms with E-state index in [4.69, 9.17) is 32.7 Å². The zero-order valence-electron chi connectivity index (χ0n) is 19.3. The van der Waals surface area contributed by atoms with Crippen LogP contribution < -0.4 is 25.0 Å². The number of hydrogen-bond acceptors (Lipinski definition) is 6. The Morgan fingerprint density at radius 2 is 1.78 bits per heavy atom. The number of benzene rings is 3. The number of carbonyl (C=O) groups excluding carboxylic acids is 4. The van der Waals surface area contributed by atoms with Gasteiger partial charge in [0.25, 0.3) is 17.7 Å². The molecule has 11 heteroatoms. The highest BCUT2D eigenvalue weighted by atomic mass is 35.5. The third-order valence-electron chi connectivity index (χ3n) is 5.18. The van der Waals surface area contributed by atoms with E-state index in [9.17, 15) is 19.2 Å². The van der Waals surface area contributed by atoms with Gasteiger partial charge in [-0.1, -0.05) is 47.5 Å². The van der Waals surface area contributed by atoms with Crippen molar-refractivity contribution in [2.24, 2.45) is 0 Å². The minimum Gasteiger partial charge on any atom is -0.495 e. The van der Waals surface area contributed by atoms with Crippen LogP contribution in [-0.4, -0.2) is 37.5 Å². The molecular formula is C26H19Cl2N3O6. The summed E-state index contributed by atoms with van der Waals surface area (Å²) in [5, 5.41) is 5.23. The molecule has 0 atom stereocenters. The molecule has 2 N–H and O–H groups in total. The molecule has 0 saturated carbocycles. The normalized spacial score (nSPS) is 14.4. The third-order valence-corrected chi connectivity index (χ3v) is 5.92. The van der Waals surface area contributed by atoms with Gasteiger partial charge in [0.15, 0.2) is 6.61 Å². The number of carbonyl (C=O) groups is 4. The Balaban J connectivity index is 1.49. The number of anilines is 2. The van der Waals surface area contributed by atoms with Crippen LogP contribution in [0.2, 0.25) is 10.0 Å². The molecule has 1 aliphatic rings. The summed E-state index contributed by atoms with van der Waals surface area (Å²) in [6, 6.07) is 16.7. The molecule has 9 nitrogen and oxygen atoms in total. The largest absolute Gasteiger partial charge is 0.495 e. The van der Waals surface area contributed by atoms with Gasteiger partial charge in [0.2, 0.25) is 0 Å². The Morgan fingerprint density at radius 3 is 2.54 bits per heavy atom. The lowest BCUT2D eigenvalue weighted by molar-refractivity contribution is -0.122. The number of halogens is 2. The van der Waals surface area contributed by atoms with Crippen LogP contribution in [0.25, 0.3) is 6.08 Å². The molecule has 0 aromatic heterocycles. The molecule has 37 heavy (non-hydrogen) atoms. The molecule has 3 aromatic carbocycles. The zero-order chi connectivity index (χ0) is 26.5. The second-order valence-corrected chi connectivity index (χ2v) is 8.48. The van der Waals surface area contributed by atoms with E-state index >= 15 is 0 Å². The van der Waals surface area contributed by atoms with Gasteiger partial charge in [0.05, 0.1) is 28.5 Å². The number of methoxy groups -OCH3 is 1. The van der Waals surface area contributed by atoms with Gasteiger partial charge in [-0.05, 0) is 54.1 Å². The summed E-state index contributed by atoms with van der Waals surface area (Å²) in [5.74, 6) is -1.27. The Labute approximate surface area is 221 Å². The third kappa shape index (κ3) is 5.91. The number of hydrogen-bond donors (Lipinski definition) is 2. The molecule has 0 radical (unpaired) electrons. The summed E-state index contributed by atoms with van der Waals surface area (Å²) >= 11 is 11.9. The standard InChI is InChI=1S/C26H19Cl2N3O6/c1-36-22-8-3-2-7-21(22)29-23(32)14-37-17-6-4-5-15(11-17)12-18-24(33)30-26(35)31(25(18)34)16-9-10-19(27)20(28)13-16/h2-13H,14H2,1H3,(H,29,32)(H,30,33,35)/b18-12-. The number of imide groups is 2. The predicted molar refractivity (Wildman–Crippen MR) is 139 cm³/mol. The van der Waals surface area contributed by atoms with Crippen LogP contribution in [0.1, 0.15) is 5.56 Å². The molecule has 4 rings (SSSR count). The van der Waals surface area contributed by atoms with Crippen molar-refractivity contribution in [2.45, 2.75) is 0 Å². The maximum absolute atomic E-state index is 13.1. The fourth-order valence-corrected chi connectivity index (χ4v) is 3.75. The lowest BCUT2D eigenvalue weighted by Crippen LogP contribution is -2.54. The first kappa shape index (κ1) is 25.7. The average Bonchev–Trinajstić information content (AvgIpc) is 2.88. The first-order chi connectivity index (χ1) is 17.8. The number of barbiturate groups is 1. The van der Waals surface area contributed by atoms with E-state index in [2.05, 4.69) is 10.6 Å². The number of amides is 5. The molecule has 0 unspecified atom stereocenters. The van der Waals surface area contributed by atoms with Crippen LogP contribution in [0.4, 0.5) is 16.2 Å². The second-order valence-electron chi connectivity index (χ2n) is 7.67. The Hall–Kier alpha value is -4.34. The van der Waals surface area contributed by atoms with Gasteiger partial charge in [-0.2, -0.15) is 0 Å². The number of ether oxygens (including phenoxy) is 2. The first-order valence-electron chi connectivity index (χ1n) is 10.8. The van der Waals surface area contributed by atoms with Crippen LogP contribution in [0.5, 0.6) is 11.5 Å².